The molecule has 1 aromatic carbocycles. The number of nitro benzene ring substituents is 1. The Morgan fingerprint density at radius 1 is 1.23 bits per heavy atom. The Morgan fingerprint density at radius 2 is 1.90 bits per heavy atom. The Labute approximate surface area is 174 Å². The number of ketones is 1. The SMILES string of the molecule is CCc1c(C(=O)NCCNc2ccc(S(C)(=O)=O)cc2[N+](=O)[O-])[nH]c(C)c1C(C)=O. The van der Waals surface area contributed by atoms with Crippen molar-refractivity contribution in [3.63, 3.8) is 0 Å². The number of carbonyl (C=O) groups is 2. The van der Waals surface area contributed by atoms with Gasteiger partial charge in [-0.15, -0.1) is 0 Å². The third-order valence-electron chi connectivity index (χ3n) is 4.54. The first-order valence-corrected chi connectivity index (χ1v) is 11.1. The largest absolute Gasteiger partial charge is 0.378 e. The van der Waals surface area contributed by atoms with Gasteiger partial charge in [0.2, 0.25) is 0 Å². The Hall–Kier alpha value is -3.21. The van der Waals surface area contributed by atoms with Crippen molar-refractivity contribution in [3.05, 3.63) is 50.8 Å². The molecule has 1 aromatic heterocycles. The molecule has 3 N–H and O–H groups in total. The third-order valence-corrected chi connectivity index (χ3v) is 5.65. The number of sulfone groups is 1. The average molecular weight is 436 g/mol. The summed E-state index contributed by atoms with van der Waals surface area (Å²) in [6, 6.07) is 3.59. The standard InChI is InChI=1S/C19H24N4O6S/c1-5-14-17(12(3)24)11(2)22-18(14)19(25)21-9-8-20-15-7-6-13(30(4,28)29)10-16(15)23(26)27/h6-7,10,20,22H,5,8-9H2,1-4H3,(H,21,25). The lowest BCUT2D eigenvalue weighted by Crippen LogP contribution is -2.29. The maximum absolute atomic E-state index is 12.5. The van der Waals surface area contributed by atoms with E-state index in [1.807, 2.05) is 6.92 Å². The molecule has 30 heavy (non-hydrogen) atoms. The van der Waals surface area contributed by atoms with Crippen molar-refractivity contribution in [3.8, 4) is 0 Å². The fraction of sp³-hybridized carbons (Fsp3) is 0.368. The zero-order valence-electron chi connectivity index (χ0n) is 17.2. The zero-order valence-corrected chi connectivity index (χ0v) is 18.0. The van der Waals surface area contributed by atoms with Gasteiger partial charge >= 0.3 is 0 Å². The molecule has 11 heteroatoms. The van der Waals surface area contributed by atoms with Crippen LogP contribution in [0.1, 0.15) is 46.0 Å². The van der Waals surface area contributed by atoms with E-state index < -0.39 is 14.8 Å². The van der Waals surface area contributed by atoms with E-state index >= 15 is 0 Å². The number of hydrogen-bond acceptors (Lipinski definition) is 7. The number of aromatic nitrogens is 1. The highest BCUT2D eigenvalue weighted by molar-refractivity contribution is 7.90. The number of nitro groups is 1. The summed E-state index contributed by atoms with van der Waals surface area (Å²) >= 11 is 0. The van der Waals surface area contributed by atoms with Crippen molar-refractivity contribution in [2.24, 2.45) is 0 Å². The zero-order chi connectivity index (χ0) is 22.6. The van der Waals surface area contributed by atoms with Crippen LogP contribution < -0.4 is 10.6 Å². The van der Waals surface area contributed by atoms with Crippen molar-refractivity contribution in [1.82, 2.24) is 10.3 Å². The Bertz CT molecular complexity index is 1100. The minimum absolute atomic E-state index is 0.119. The summed E-state index contributed by atoms with van der Waals surface area (Å²) in [4.78, 5) is 37.7. The molecule has 2 rings (SSSR count). The molecule has 0 unspecified atom stereocenters. The lowest BCUT2D eigenvalue weighted by molar-refractivity contribution is -0.384. The molecule has 0 saturated heterocycles. The van der Waals surface area contributed by atoms with Crippen LogP contribution in [0.2, 0.25) is 0 Å². The molecular weight excluding hydrogens is 412 g/mol. The number of anilines is 1. The first-order valence-electron chi connectivity index (χ1n) is 9.20. The first kappa shape index (κ1) is 23.1. The van der Waals surface area contributed by atoms with E-state index in [2.05, 4.69) is 15.6 Å². The molecule has 0 spiro atoms. The van der Waals surface area contributed by atoms with E-state index in [0.29, 0.717) is 28.9 Å². The smallest absolute Gasteiger partial charge is 0.293 e. The van der Waals surface area contributed by atoms with Gasteiger partial charge in [0.25, 0.3) is 11.6 Å². The second-order valence-electron chi connectivity index (χ2n) is 6.78. The van der Waals surface area contributed by atoms with Gasteiger partial charge in [-0.05, 0) is 38.0 Å². The predicted octanol–water partition coefficient (Wildman–Crippen LogP) is 2.24. The number of amides is 1. The van der Waals surface area contributed by atoms with Crippen LogP contribution in [0.3, 0.4) is 0 Å². The van der Waals surface area contributed by atoms with E-state index in [4.69, 9.17) is 0 Å². The number of rotatable bonds is 9. The minimum atomic E-state index is -3.57. The van der Waals surface area contributed by atoms with Gasteiger partial charge in [0.1, 0.15) is 11.4 Å². The summed E-state index contributed by atoms with van der Waals surface area (Å²) in [5.41, 5.74) is 1.89. The van der Waals surface area contributed by atoms with Gasteiger partial charge in [-0.25, -0.2) is 8.42 Å². The fourth-order valence-corrected chi connectivity index (χ4v) is 3.85. The topological polar surface area (TPSA) is 151 Å². The molecule has 2 aromatic rings. The number of nitrogens with one attached hydrogen (secondary N) is 3. The van der Waals surface area contributed by atoms with Crippen molar-refractivity contribution < 1.29 is 22.9 Å². The van der Waals surface area contributed by atoms with Gasteiger partial charge in [0, 0.05) is 36.7 Å². The monoisotopic (exact) mass is 436 g/mol. The Kier molecular flexibility index (Phi) is 6.98. The van der Waals surface area contributed by atoms with Crippen molar-refractivity contribution in [2.75, 3.05) is 24.7 Å². The number of H-pyrrole nitrogens is 1. The van der Waals surface area contributed by atoms with Crippen LogP contribution in [-0.2, 0) is 16.3 Å². The summed E-state index contributed by atoms with van der Waals surface area (Å²) in [6.07, 6.45) is 1.48. The number of nitrogens with zero attached hydrogens (tertiary/aromatic N) is 1. The average Bonchev–Trinajstić information content (AvgIpc) is 3.00. The normalized spacial score (nSPS) is 11.2. The minimum Gasteiger partial charge on any atom is -0.378 e. The summed E-state index contributed by atoms with van der Waals surface area (Å²) in [5.74, 6) is -0.502. The van der Waals surface area contributed by atoms with Crippen LogP contribution in [0.25, 0.3) is 0 Å². The molecule has 0 saturated carbocycles. The molecule has 0 aliphatic carbocycles. The number of benzene rings is 1. The number of carbonyl (C=O) groups excluding carboxylic acids is 2. The molecule has 0 radical (unpaired) electrons. The maximum Gasteiger partial charge on any atom is 0.293 e. The summed E-state index contributed by atoms with van der Waals surface area (Å²) in [5, 5.41) is 16.8. The fourth-order valence-electron chi connectivity index (χ4n) is 3.20. The van der Waals surface area contributed by atoms with Crippen molar-refractivity contribution >= 4 is 32.9 Å². The van der Waals surface area contributed by atoms with Crippen LogP contribution in [0.4, 0.5) is 11.4 Å². The maximum atomic E-state index is 12.5. The van der Waals surface area contributed by atoms with Crippen molar-refractivity contribution in [2.45, 2.75) is 32.1 Å². The molecule has 10 nitrogen and oxygen atoms in total. The highest BCUT2D eigenvalue weighted by Gasteiger charge is 2.22. The highest BCUT2D eigenvalue weighted by Crippen LogP contribution is 2.27. The second kappa shape index (κ2) is 9.08. The molecule has 0 aliphatic rings. The van der Waals surface area contributed by atoms with Crippen LogP contribution in [-0.4, -0.2) is 49.4 Å². The Morgan fingerprint density at radius 3 is 2.43 bits per heavy atom. The van der Waals surface area contributed by atoms with Gasteiger partial charge in [-0.1, -0.05) is 6.92 Å². The van der Waals surface area contributed by atoms with Gasteiger partial charge in [-0.3, -0.25) is 19.7 Å². The van der Waals surface area contributed by atoms with Crippen LogP contribution in [0.5, 0.6) is 0 Å². The number of aryl methyl sites for hydroxylation is 1. The summed E-state index contributed by atoms with van der Waals surface area (Å²) in [6.45, 7) is 5.36. The summed E-state index contributed by atoms with van der Waals surface area (Å²) < 4.78 is 23.2. The number of hydrogen-bond donors (Lipinski definition) is 3. The number of aromatic amines is 1. The van der Waals surface area contributed by atoms with E-state index in [-0.39, 0.29) is 41.1 Å². The molecule has 1 heterocycles. The predicted molar refractivity (Wildman–Crippen MR) is 112 cm³/mol. The molecule has 0 aliphatic heterocycles. The van der Waals surface area contributed by atoms with Gasteiger partial charge in [0.15, 0.2) is 15.6 Å². The number of Topliss-reactive ketones (excluding diaryl/α,β-unsaturated/α-hetero) is 1. The van der Waals surface area contributed by atoms with E-state index in [1.54, 1.807) is 6.92 Å². The molecule has 1 amide bonds. The van der Waals surface area contributed by atoms with Gasteiger partial charge < -0.3 is 15.6 Å². The van der Waals surface area contributed by atoms with Crippen LogP contribution >= 0.6 is 0 Å². The Balaban J connectivity index is 2.07. The third kappa shape index (κ3) is 5.03. The molecule has 0 fully saturated rings. The van der Waals surface area contributed by atoms with Crippen LogP contribution in [0.15, 0.2) is 23.1 Å². The van der Waals surface area contributed by atoms with Gasteiger partial charge in [0.05, 0.1) is 9.82 Å². The lowest BCUT2D eigenvalue weighted by atomic mass is 10.0. The quantitative estimate of drug-likeness (QED) is 0.236. The van der Waals surface area contributed by atoms with Gasteiger partial charge in [-0.2, -0.15) is 0 Å². The highest BCUT2D eigenvalue weighted by atomic mass is 32.2. The molecule has 0 bridgehead atoms. The van der Waals surface area contributed by atoms with E-state index in [0.717, 1.165) is 12.3 Å². The van der Waals surface area contributed by atoms with E-state index in [9.17, 15) is 28.1 Å². The molecular formula is C19H24N4O6S. The second-order valence-corrected chi connectivity index (χ2v) is 8.79. The van der Waals surface area contributed by atoms with E-state index in [1.165, 1.54) is 19.1 Å². The van der Waals surface area contributed by atoms with Crippen LogP contribution in [0, 0.1) is 17.0 Å². The molecule has 162 valence electrons. The first-order chi connectivity index (χ1) is 14.0. The summed E-state index contributed by atoms with van der Waals surface area (Å²) in [7, 11) is -3.57. The van der Waals surface area contributed by atoms with Crippen molar-refractivity contribution in [1.29, 1.82) is 0 Å². The lowest BCUT2D eigenvalue weighted by Gasteiger charge is -2.10. The molecule has 0 atom stereocenters.